The molecule has 0 saturated carbocycles. The first-order valence-electron chi connectivity index (χ1n) is 9.40. The molecule has 0 atom stereocenters. The number of nitrogens with two attached hydrogens (primary N) is 1. The molecule has 0 aliphatic carbocycles. The quantitative estimate of drug-likeness (QED) is 0.372. The molecule has 3 heterocycles. The van der Waals surface area contributed by atoms with E-state index < -0.39 is 0 Å². The van der Waals surface area contributed by atoms with Crippen molar-refractivity contribution in [1.29, 1.82) is 0 Å². The summed E-state index contributed by atoms with van der Waals surface area (Å²) in [7, 11) is 0. The second-order valence-corrected chi connectivity index (χ2v) is 10.3. The minimum atomic E-state index is 0.242. The Labute approximate surface area is 187 Å². The van der Waals surface area contributed by atoms with Crippen molar-refractivity contribution >= 4 is 51.2 Å². The first-order chi connectivity index (χ1) is 13.8. The van der Waals surface area contributed by atoms with Crippen molar-refractivity contribution in [1.82, 2.24) is 19.9 Å². The fourth-order valence-electron chi connectivity index (χ4n) is 3.07. The van der Waals surface area contributed by atoms with E-state index in [1.165, 1.54) is 0 Å². The zero-order valence-electron chi connectivity index (χ0n) is 16.7. The molecule has 4 rings (SSSR count). The van der Waals surface area contributed by atoms with Gasteiger partial charge in [-0.1, -0.05) is 32.5 Å². The van der Waals surface area contributed by atoms with Crippen LogP contribution in [0.3, 0.4) is 0 Å². The van der Waals surface area contributed by atoms with Crippen molar-refractivity contribution in [3.8, 4) is 11.5 Å². The lowest BCUT2D eigenvalue weighted by Crippen LogP contribution is -2.29. The number of fused-ring (bicyclic) bond motifs is 2. The van der Waals surface area contributed by atoms with E-state index in [4.69, 9.17) is 20.2 Å². The molecule has 2 aromatic heterocycles. The molecule has 0 amide bonds. The van der Waals surface area contributed by atoms with Crippen LogP contribution in [0, 0.1) is 8.99 Å². The van der Waals surface area contributed by atoms with Crippen molar-refractivity contribution in [2.75, 3.05) is 25.6 Å². The summed E-state index contributed by atoms with van der Waals surface area (Å²) < 4.78 is 14.3. The third kappa shape index (κ3) is 4.56. The molecule has 7 nitrogen and oxygen atoms in total. The van der Waals surface area contributed by atoms with Gasteiger partial charge in [-0.25, -0.2) is 9.97 Å². The average molecular weight is 522 g/mol. The van der Waals surface area contributed by atoms with Gasteiger partial charge in [-0.05, 0) is 46.2 Å². The van der Waals surface area contributed by atoms with Gasteiger partial charge in [0, 0.05) is 34.3 Å². The predicted molar refractivity (Wildman–Crippen MR) is 124 cm³/mol. The third-order valence-corrected chi connectivity index (χ3v) is 6.77. The Balaban J connectivity index is 1.64. The lowest BCUT2D eigenvalue weighted by molar-refractivity contribution is 0.174. The van der Waals surface area contributed by atoms with E-state index in [1.54, 1.807) is 18.0 Å². The second-order valence-electron chi connectivity index (χ2n) is 8.09. The summed E-state index contributed by atoms with van der Waals surface area (Å²) in [5.41, 5.74) is 8.07. The van der Waals surface area contributed by atoms with Gasteiger partial charge in [0.05, 0.1) is 5.52 Å². The van der Waals surface area contributed by atoms with Gasteiger partial charge in [0.15, 0.2) is 22.5 Å². The lowest BCUT2D eigenvalue weighted by Gasteiger charge is -2.19. The van der Waals surface area contributed by atoms with Crippen molar-refractivity contribution in [3.05, 3.63) is 28.0 Å². The fraction of sp³-hybridized carbons (Fsp3) is 0.400. The van der Waals surface area contributed by atoms with Crippen molar-refractivity contribution < 1.29 is 9.47 Å². The van der Waals surface area contributed by atoms with Crippen LogP contribution >= 0.6 is 34.4 Å². The minimum Gasteiger partial charge on any atom is -0.454 e. The maximum absolute atomic E-state index is 6.10. The van der Waals surface area contributed by atoms with Gasteiger partial charge >= 0.3 is 0 Å². The predicted octanol–water partition coefficient (Wildman–Crippen LogP) is 4.13. The fourth-order valence-corrected chi connectivity index (χ4v) is 4.80. The highest BCUT2D eigenvalue weighted by atomic mass is 124. The van der Waals surface area contributed by atoms with E-state index in [9.17, 15) is 0 Å². The number of pyridine rings is 1. The van der Waals surface area contributed by atoms with E-state index in [0.29, 0.717) is 5.82 Å². The van der Waals surface area contributed by atoms with Gasteiger partial charge in [0.1, 0.15) is 5.52 Å². The Kier molecular flexibility index (Phi) is 5.80. The highest BCUT2D eigenvalue weighted by Crippen LogP contribution is 2.41. The second kappa shape index (κ2) is 8.19. The van der Waals surface area contributed by atoms with Crippen LogP contribution in [0.25, 0.3) is 11.0 Å². The summed E-state index contributed by atoms with van der Waals surface area (Å²) in [5, 5.41) is 4.42. The topological polar surface area (TPSA) is 87.2 Å². The Morgan fingerprint density at radius 1 is 1.28 bits per heavy atom. The van der Waals surface area contributed by atoms with Crippen molar-refractivity contribution in [2.24, 2.45) is 5.41 Å². The van der Waals surface area contributed by atoms with Crippen LogP contribution < -0.4 is 20.5 Å². The van der Waals surface area contributed by atoms with Crippen molar-refractivity contribution in [2.45, 2.75) is 37.4 Å². The number of nitrogen functional groups attached to an aromatic ring is 1. The standard InChI is InChI=1S/C20H24IN5O2S/c1-20(2,3)10-23-6-7-26-13-4-5-24-18(22)17(13)25-19(26)29-16-9-15-14(8-12(16)21)27-11-28-15/h4-5,8-9,23H,6-7,10-11H2,1-3H3,(H2,22,24)/i21-3. The zero-order chi connectivity index (χ0) is 20.6. The minimum absolute atomic E-state index is 0.242. The molecule has 29 heavy (non-hydrogen) atoms. The van der Waals surface area contributed by atoms with E-state index in [0.717, 1.165) is 55.8 Å². The van der Waals surface area contributed by atoms with E-state index in [2.05, 4.69) is 58.2 Å². The maximum atomic E-state index is 6.10. The number of hydrogen-bond acceptors (Lipinski definition) is 7. The summed E-state index contributed by atoms with van der Waals surface area (Å²) in [6, 6.07) is 5.98. The number of imidazole rings is 1. The molecule has 9 heteroatoms. The largest absolute Gasteiger partial charge is 0.454 e. The van der Waals surface area contributed by atoms with Crippen LogP contribution in [-0.4, -0.2) is 34.4 Å². The van der Waals surface area contributed by atoms with Crippen LogP contribution in [0.4, 0.5) is 5.82 Å². The van der Waals surface area contributed by atoms with Gasteiger partial charge in [0.25, 0.3) is 0 Å². The molecule has 0 saturated heterocycles. The number of ether oxygens (including phenoxy) is 2. The molecule has 0 fully saturated rings. The van der Waals surface area contributed by atoms with Gasteiger partial charge < -0.3 is 25.1 Å². The molecule has 0 spiro atoms. The first kappa shape index (κ1) is 20.5. The number of nitrogens with one attached hydrogen (secondary N) is 1. The highest BCUT2D eigenvalue weighted by molar-refractivity contribution is 14.1. The molecule has 154 valence electrons. The van der Waals surface area contributed by atoms with Crippen LogP contribution in [0.15, 0.2) is 34.4 Å². The monoisotopic (exact) mass is 522 g/mol. The Morgan fingerprint density at radius 2 is 2.03 bits per heavy atom. The van der Waals surface area contributed by atoms with E-state index in [1.807, 2.05) is 18.2 Å². The number of hydrogen-bond donors (Lipinski definition) is 2. The molecule has 0 bridgehead atoms. The number of aromatic nitrogens is 3. The SMILES string of the molecule is CC(C)(C)CNCCn1c(Sc2cc3c(cc2[124I])OCO3)nc2c(N)nccc21. The molecule has 3 aromatic rings. The van der Waals surface area contributed by atoms with Crippen LogP contribution in [0.1, 0.15) is 20.8 Å². The Morgan fingerprint density at radius 3 is 2.79 bits per heavy atom. The third-order valence-electron chi connectivity index (χ3n) is 4.46. The molecule has 1 aliphatic heterocycles. The lowest BCUT2D eigenvalue weighted by atomic mass is 9.97. The summed E-state index contributed by atoms with van der Waals surface area (Å²) in [6.45, 7) is 9.52. The molecule has 1 aromatic carbocycles. The summed E-state index contributed by atoms with van der Waals surface area (Å²) in [6.07, 6.45) is 1.73. The first-order valence-corrected chi connectivity index (χ1v) is 11.3. The number of nitrogens with zero attached hydrogens (tertiary/aromatic N) is 3. The summed E-state index contributed by atoms with van der Waals surface area (Å²) in [4.78, 5) is 10.1. The molecular formula is C20H24IN5O2S. The number of anilines is 1. The highest BCUT2D eigenvalue weighted by Gasteiger charge is 2.20. The van der Waals surface area contributed by atoms with Gasteiger partial charge in [-0.2, -0.15) is 0 Å². The molecule has 3 N–H and O–H groups in total. The smallest absolute Gasteiger partial charge is 0.231 e. The molecule has 0 radical (unpaired) electrons. The number of rotatable bonds is 6. The van der Waals surface area contributed by atoms with E-state index in [-0.39, 0.29) is 12.2 Å². The van der Waals surface area contributed by atoms with Gasteiger partial charge in [-0.3, -0.25) is 0 Å². The maximum Gasteiger partial charge on any atom is 0.231 e. The summed E-state index contributed by atoms with van der Waals surface area (Å²) in [5.74, 6) is 2.00. The van der Waals surface area contributed by atoms with Gasteiger partial charge in [0.2, 0.25) is 6.79 Å². The molecule has 0 unspecified atom stereocenters. The summed E-state index contributed by atoms with van der Waals surface area (Å²) >= 11 is 3.92. The molecule has 1 aliphatic rings. The average Bonchev–Trinajstić information content (AvgIpc) is 3.23. The van der Waals surface area contributed by atoms with Crippen LogP contribution in [-0.2, 0) is 6.54 Å². The van der Waals surface area contributed by atoms with Gasteiger partial charge in [-0.15, -0.1) is 0 Å². The van der Waals surface area contributed by atoms with Crippen LogP contribution in [0.2, 0.25) is 0 Å². The number of benzene rings is 1. The normalized spacial score (nSPS) is 13.4. The molecular weight excluding hydrogens is 498 g/mol. The van der Waals surface area contributed by atoms with Crippen LogP contribution in [0.5, 0.6) is 11.5 Å². The van der Waals surface area contributed by atoms with Crippen molar-refractivity contribution in [3.63, 3.8) is 0 Å². The number of halogens is 1. The zero-order valence-corrected chi connectivity index (χ0v) is 19.6. The Bertz CT molecular complexity index is 1050. The van der Waals surface area contributed by atoms with E-state index >= 15 is 0 Å². The Hall–Kier alpha value is -1.72.